The third-order valence-corrected chi connectivity index (χ3v) is 4.97. The lowest BCUT2D eigenvalue weighted by atomic mass is 10.1. The molecule has 146 valence electrons. The summed E-state index contributed by atoms with van der Waals surface area (Å²) < 4.78 is 11.3. The van der Waals surface area contributed by atoms with Crippen molar-refractivity contribution in [2.24, 2.45) is 0 Å². The number of rotatable bonds is 8. The van der Waals surface area contributed by atoms with Gasteiger partial charge in [-0.15, -0.1) is 11.3 Å². The third kappa shape index (κ3) is 4.77. The van der Waals surface area contributed by atoms with Crippen molar-refractivity contribution < 1.29 is 14.3 Å². The fourth-order valence-corrected chi connectivity index (χ4v) is 3.26. The lowest BCUT2D eigenvalue weighted by molar-refractivity contribution is 0.0745. The van der Waals surface area contributed by atoms with Gasteiger partial charge in [0.15, 0.2) is 11.5 Å². The smallest absolute Gasteiger partial charge is 0.274 e. The molecule has 0 fully saturated rings. The van der Waals surface area contributed by atoms with Crippen LogP contribution in [0, 0.1) is 0 Å². The number of aromatic amines is 1. The van der Waals surface area contributed by atoms with E-state index < -0.39 is 0 Å². The molecule has 2 aromatic heterocycles. The topological polar surface area (TPSA) is 84.5 Å². The molecule has 0 atom stereocenters. The minimum atomic E-state index is -0.345. The van der Waals surface area contributed by atoms with Crippen LogP contribution >= 0.6 is 11.3 Å². The standard InChI is InChI=1S/C20H21N3O4S/c1-3-23(20(25)16-7-9-19(24)22-21-16)12-14-6-8-17(18(11-14)26-2)27-13-15-5-4-10-28-15/h4-11H,3,12-13H2,1-2H3,(H,22,24). The predicted octanol–water partition coefficient (Wildman–Crippen LogP) is 3.08. The first-order chi connectivity index (χ1) is 13.6. The molecule has 8 heteroatoms. The van der Waals surface area contributed by atoms with Gasteiger partial charge in [-0.25, -0.2) is 5.10 Å². The Morgan fingerprint density at radius 1 is 1.21 bits per heavy atom. The predicted molar refractivity (Wildman–Crippen MR) is 107 cm³/mol. The SMILES string of the molecule is CCN(Cc1ccc(OCc2cccs2)c(OC)c1)C(=O)c1ccc(=O)[nH]n1. The van der Waals surface area contributed by atoms with Gasteiger partial charge in [0.2, 0.25) is 0 Å². The van der Waals surface area contributed by atoms with Gasteiger partial charge in [-0.1, -0.05) is 12.1 Å². The van der Waals surface area contributed by atoms with Crippen molar-refractivity contribution >= 4 is 17.2 Å². The van der Waals surface area contributed by atoms with E-state index in [2.05, 4.69) is 10.2 Å². The number of hydrogen-bond donors (Lipinski definition) is 1. The number of nitrogens with zero attached hydrogens (tertiary/aromatic N) is 2. The Kier molecular flexibility index (Phi) is 6.44. The molecule has 1 N–H and O–H groups in total. The number of ether oxygens (including phenoxy) is 2. The lowest BCUT2D eigenvalue weighted by Gasteiger charge is -2.21. The average molecular weight is 399 g/mol. The number of amides is 1. The van der Waals surface area contributed by atoms with Crippen molar-refractivity contribution in [2.75, 3.05) is 13.7 Å². The summed E-state index contributed by atoms with van der Waals surface area (Å²) in [7, 11) is 1.59. The summed E-state index contributed by atoms with van der Waals surface area (Å²) in [6.07, 6.45) is 0. The van der Waals surface area contributed by atoms with Crippen molar-refractivity contribution in [1.82, 2.24) is 15.1 Å². The second-order valence-electron chi connectivity index (χ2n) is 5.98. The van der Waals surface area contributed by atoms with Gasteiger partial charge in [-0.2, -0.15) is 5.10 Å². The van der Waals surface area contributed by atoms with Gasteiger partial charge in [-0.05, 0) is 42.1 Å². The summed E-state index contributed by atoms with van der Waals surface area (Å²) in [5, 5.41) is 8.11. The number of thiophene rings is 1. The fraction of sp³-hybridized carbons (Fsp3) is 0.250. The third-order valence-electron chi connectivity index (χ3n) is 4.12. The van der Waals surface area contributed by atoms with Crippen LogP contribution < -0.4 is 15.0 Å². The normalized spacial score (nSPS) is 10.5. The van der Waals surface area contributed by atoms with Gasteiger partial charge in [0.05, 0.1) is 7.11 Å². The van der Waals surface area contributed by atoms with E-state index >= 15 is 0 Å². The molecule has 1 aromatic carbocycles. The van der Waals surface area contributed by atoms with Crippen LogP contribution in [0.5, 0.6) is 11.5 Å². The van der Waals surface area contributed by atoms with Crippen LogP contribution in [0.2, 0.25) is 0 Å². The maximum atomic E-state index is 12.6. The molecule has 7 nitrogen and oxygen atoms in total. The molecule has 0 spiro atoms. The van der Waals surface area contributed by atoms with Crippen molar-refractivity contribution in [1.29, 1.82) is 0 Å². The Balaban J connectivity index is 1.72. The maximum Gasteiger partial charge on any atom is 0.274 e. The monoisotopic (exact) mass is 399 g/mol. The Labute approximate surface area is 166 Å². The zero-order valence-electron chi connectivity index (χ0n) is 15.7. The first-order valence-corrected chi connectivity index (χ1v) is 9.65. The minimum Gasteiger partial charge on any atom is -0.493 e. The second-order valence-corrected chi connectivity index (χ2v) is 7.01. The first-order valence-electron chi connectivity index (χ1n) is 8.77. The molecular weight excluding hydrogens is 378 g/mol. The van der Waals surface area contributed by atoms with Crippen LogP contribution in [0.1, 0.15) is 27.9 Å². The van der Waals surface area contributed by atoms with Crippen LogP contribution in [-0.2, 0) is 13.2 Å². The molecular formula is C20H21N3O4S. The van der Waals surface area contributed by atoms with E-state index in [-0.39, 0.29) is 17.2 Å². The summed E-state index contributed by atoms with van der Waals surface area (Å²) in [6.45, 7) is 3.25. The first kappa shape index (κ1) is 19.6. The molecule has 0 aliphatic rings. The van der Waals surface area contributed by atoms with Crippen molar-refractivity contribution in [3.8, 4) is 11.5 Å². The van der Waals surface area contributed by atoms with Gasteiger partial charge < -0.3 is 14.4 Å². The summed E-state index contributed by atoms with van der Waals surface area (Å²) in [5.41, 5.74) is 0.756. The highest BCUT2D eigenvalue weighted by atomic mass is 32.1. The molecule has 0 saturated heterocycles. The van der Waals surface area contributed by atoms with Crippen LogP contribution in [0.15, 0.2) is 52.6 Å². The fourth-order valence-electron chi connectivity index (χ4n) is 2.65. The number of hydrogen-bond acceptors (Lipinski definition) is 6. The van der Waals surface area contributed by atoms with Crippen molar-refractivity contribution in [3.05, 3.63) is 74.3 Å². The summed E-state index contributed by atoms with van der Waals surface area (Å²) in [4.78, 5) is 26.5. The van der Waals surface area contributed by atoms with Crippen LogP contribution in [0.4, 0.5) is 0 Å². The summed E-state index contributed by atoms with van der Waals surface area (Å²) >= 11 is 1.63. The summed E-state index contributed by atoms with van der Waals surface area (Å²) in [5.74, 6) is 1.01. The lowest BCUT2D eigenvalue weighted by Crippen LogP contribution is -2.31. The van der Waals surface area contributed by atoms with E-state index in [1.165, 1.54) is 12.1 Å². The number of aromatic nitrogens is 2. The Hall–Kier alpha value is -3.13. The number of methoxy groups -OCH3 is 1. The molecule has 0 bridgehead atoms. The van der Waals surface area contributed by atoms with Gasteiger partial charge in [0.25, 0.3) is 11.5 Å². The highest BCUT2D eigenvalue weighted by Gasteiger charge is 2.17. The van der Waals surface area contributed by atoms with Crippen molar-refractivity contribution in [2.45, 2.75) is 20.1 Å². The minimum absolute atomic E-state index is 0.198. The molecule has 1 amide bonds. The Bertz CT molecular complexity index is 965. The number of H-pyrrole nitrogens is 1. The van der Waals surface area contributed by atoms with E-state index in [4.69, 9.17) is 9.47 Å². The summed E-state index contributed by atoms with van der Waals surface area (Å²) in [6, 6.07) is 12.3. The van der Waals surface area contributed by atoms with Gasteiger partial charge in [-0.3, -0.25) is 9.59 Å². The van der Waals surface area contributed by atoms with Crippen LogP contribution in [0.25, 0.3) is 0 Å². The Morgan fingerprint density at radius 3 is 2.71 bits per heavy atom. The zero-order chi connectivity index (χ0) is 19.9. The van der Waals surface area contributed by atoms with Gasteiger partial charge in [0, 0.05) is 24.0 Å². The average Bonchev–Trinajstić information content (AvgIpc) is 3.24. The zero-order valence-corrected chi connectivity index (χ0v) is 16.5. The molecule has 0 aliphatic carbocycles. The number of carbonyl (C=O) groups excluding carboxylic acids is 1. The largest absolute Gasteiger partial charge is 0.493 e. The quantitative estimate of drug-likeness (QED) is 0.629. The maximum absolute atomic E-state index is 12.6. The van der Waals surface area contributed by atoms with E-state index in [1.807, 2.05) is 42.6 Å². The molecule has 2 heterocycles. The molecule has 0 radical (unpaired) electrons. The van der Waals surface area contributed by atoms with E-state index in [9.17, 15) is 9.59 Å². The van der Waals surface area contributed by atoms with Gasteiger partial charge >= 0.3 is 0 Å². The van der Waals surface area contributed by atoms with E-state index in [0.717, 1.165) is 10.4 Å². The molecule has 0 unspecified atom stereocenters. The van der Waals surface area contributed by atoms with Crippen LogP contribution in [-0.4, -0.2) is 34.7 Å². The molecule has 3 aromatic rings. The molecule has 28 heavy (non-hydrogen) atoms. The highest BCUT2D eigenvalue weighted by Crippen LogP contribution is 2.29. The molecule has 0 aliphatic heterocycles. The van der Waals surface area contributed by atoms with Gasteiger partial charge in [0.1, 0.15) is 12.3 Å². The molecule has 0 saturated carbocycles. The number of carbonyl (C=O) groups is 1. The van der Waals surface area contributed by atoms with Crippen LogP contribution in [0.3, 0.4) is 0 Å². The Morgan fingerprint density at radius 2 is 2.07 bits per heavy atom. The number of nitrogens with one attached hydrogen (secondary N) is 1. The second kappa shape index (κ2) is 9.18. The molecule has 3 rings (SSSR count). The van der Waals surface area contributed by atoms with E-state index in [1.54, 1.807) is 23.3 Å². The highest BCUT2D eigenvalue weighted by molar-refractivity contribution is 7.09. The van der Waals surface area contributed by atoms with E-state index in [0.29, 0.717) is 31.2 Å². The number of benzene rings is 1. The van der Waals surface area contributed by atoms with Crippen molar-refractivity contribution in [3.63, 3.8) is 0 Å².